The third kappa shape index (κ3) is 39.4. The van der Waals surface area contributed by atoms with Crippen molar-refractivity contribution in [2.75, 3.05) is 13.2 Å². The van der Waals surface area contributed by atoms with Crippen LogP contribution in [0.1, 0.15) is 245 Å². The van der Waals surface area contributed by atoms with Crippen LogP contribution in [0.4, 0.5) is 0 Å². The van der Waals surface area contributed by atoms with Gasteiger partial charge in [-0.1, -0.05) is 193 Å². The van der Waals surface area contributed by atoms with Crippen molar-refractivity contribution in [3.05, 3.63) is 12.2 Å². The number of esters is 3. The average Bonchev–Trinajstić information content (AvgIpc) is 3.14. The van der Waals surface area contributed by atoms with Crippen LogP contribution >= 0.6 is 0 Å². The molecule has 6 nitrogen and oxygen atoms in total. The Bertz CT molecular complexity index is 809. The zero-order valence-corrected chi connectivity index (χ0v) is 34.8. The fraction of sp³-hybridized carbons (Fsp3) is 0.891. The van der Waals surface area contributed by atoms with Gasteiger partial charge < -0.3 is 14.2 Å². The highest BCUT2D eigenvalue weighted by molar-refractivity contribution is 5.71. The summed E-state index contributed by atoms with van der Waals surface area (Å²) in [5.41, 5.74) is 0. The molecule has 0 aliphatic rings. The van der Waals surface area contributed by atoms with Gasteiger partial charge in [0, 0.05) is 19.3 Å². The molecule has 0 aromatic rings. The van der Waals surface area contributed by atoms with Gasteiger partial charge in [-0.2, -0.15) is 0 Å². The van der Waals surface area contributed by atoms with Crippen molar-refractivity contribution in [1.82, 2.24) is 0 Å². The van der Waals surface area contributed by atoms with Crippen LogP contribution in [-0.4, -0.2) is 37.2 Å². The molecule has 0 heterocycles. The monoisotopic (exact) mass is 735 g/mol. The third-order valence-electron chi connectivity index (χ3n) is 10.0. The molecule has 1 unspecified atom stereocenters. The Kier molecular flexibility index (Phi) is 40.4. The zero-order chi connectivity index (χ0) is 38.0. The van der Waals surface area contributed by atoms with Gasteiger partial charge in [0.25, 0.3) is 0 Å². The van der Waals surface area contributed by atoms with E-state index < -0.39 is 6.10 Å². The van der Waals surface area contributed by atoms with Gasteiger partial charge in [-0.15, -0.1) is 0 Å². The summed E-state index contributed by atoms with van der Waals surface area (Å²) >= 11 is 0. The minimum absolute atomic E-state index is 0.0693. The number of hydrogen-bond acceptors (Lipinski definition) is 6. The first-order valence-corrected chi connectivity index (χ1v) is 22.7. The number of unbranched alkanes of at least 4 members (excludes halogenated alkanes) is 28. The maximum absolute atomic E-state index is 12.7. The summed E-state index contributed by atoms with van der Waals surface area (Å²) < 4.78 is 16.6. The van der Waals surface area contributed by atoms with E-state index in [0.717, 1.165) is 64.2 Å². The van der Waals surface area contributed by atoms with Gasteiger partial charge in [0.05, 0.1) is 0 Å². The number of carbonyl (C=O) groups is 3. The molecule has 6 heteroatoms. The first-order valence-electron chi connectivity index (χ1n) is 22.7. The number of carbonyl (C=O) groups excluding carboxylic acids is 3. The van der Waals surface area contributed by atoms with E-state index in [-0.39, 0.29) is 31.1 Å². The Morgan fingerprint density at radius 2 is 0.635 bits per heavy atom. The normalized spacial score (nSPS) is 12.0. The first kappa shape index (κ1) is 50.1. The molecule has 0 rings (SSSR count). The molecular weight excluding hydrogens is 648 g/mol. The molecular formula is C46H86O6. The number of rotatable bonds is 41. The summed E-state index contributed by atoms with van der Waals surface area (Å²) in [6, 6.07) is 0. The lowest BCUT2D eigenvalue weighted by Crippen LogP contribution is -2.30. The van der Waals surface area contributed by atoms with Gasteiger partial charge in [-0.3, -0.25) is 14.4 Å². The lowest BCUT2D eigenvalue weighted by Gasteiger charge is -2.18. The second-order valence-corrected chi connectivity index (χ2v) is 15.3. The summed E-state index contributed by atoms with van der Waals surface area (Å²) in [6.45, 7) is 6.58. The van der Waals surface area contributed by atoms with E-state index in [0.29, 0.717) is 19.3 Å². The van der Waals surface area contributed by atoms with E-state index in [2.05, 4.69) is 32.9 Å². The SMILES string of the molecule is CCCCCCCCC/C=C\CCCCCCCC(=O)OCC(COC(=O)CCCCCCCCC)OC(=O)CCCCCCCCCCCCC. The Hall–Kier alpha value is -1.85. The van der Waals surface area contributed by atoms with Gasteiger partial charge in [0.15, 0.2) is 6.10 Å². The molecule has 0 radical (unpaired) electrons. The maximum atomic E-state index is 12.7. The first-order chi connectivity index (χ1) is 25.5. The molecule has 0 bridgehead atoms. The molecule has 0 aromatic carbocycles. The summed E-state index contributed by atoms with van der Waals surface area (Å²) in [6.07, 6.45) is 43.5. The predicted octanol–water partition coefficient (Wildman–Crippen LogP) is 14.3. The van der Waals surface area contributed by atoms with Crippen molar-refractivity contribution < 1.29 is 28.6 Å². The molecule has 0 aromatic heterocycles. The fourth-order valence-corrected chi connectivity index (χ4v) is 6.55. The van der Waals surface area contributed by atoms with E-state index in [4.69, 9.17) is 14.2 Å². The molecule has 306 valence electrons. The Morgan fingerprint density at radius 3 is 0.962 bits per heavy atom. The highest BCUT2D eigenvalue weighted by Crippen LogP contribution is 2.15. The third-order valence-corrected chi connectivity index (χ3v) is 10.0. The van der Waals surface area contributed by atoms with Crippen molar-refractivity contribution in [3.63, 3.8) is 0 Å². The number of ether oxygens (including phenoxy) is 3. The van der Waals surface area contributed by atoms with Crippen LogP contribution in [0.25, 0.3) is 0 Å². The largest absolute Gasteiger partial charge is 0.462 e. The second kappa shape index (κ2) is 41.9. The predicted molar refractivity (Wildman–Crippen MR) is 220 cm³/mol. The molecule has 52 heavy (non-hydrogen) atoms. The molecule has 1 atom stereocenters. The van der Waals surface area contributed by atoms with Crippen LogP contribution in [0.3, 0.4) is 0 Å². The van der Waals surface area contributed by atoms with Crippen molar-refractivity contribution in [3.8, 4) is 0 Å². The van der Waals surface area contributed by atoms with Crippen molar-refractivity contribution in [2.24, 2.45) is 0 Å². The highest BCUT2D eigenvalue weighted by Gasteiger charge is 2.19. The average molecular weight is 735 g/mol. The fourth-order valence-electron chi connectivity index (χ4n) is 6.55. The molecule has 0 N–H and O–H groups in total. The van der Waals surface area contributed by atoms with Crippen LogP contribution in [0.15, 0.2) is 12.2 Å². The maximum Gasteiger partial charge on any atom is 0.306 e. The van der Waals surface area contributed by atoms with Crippen molar-refractivity contribution in [2.45, 2.75) is 252 Å². The summed E-state index contributed by atoms with van der Waals surface area (Å²) in [4.78, 5) is 37.5. The van der Waals surface area contributed by atoms with Gasteiger partial charge in [0.2, 0.25) is 0 Å². The van der Waals surface area contributed by atoms with E-state index >= 15 is 0 Å². The Labute approximate surface area is 322 Å². The van der Waals surface area contributed by atoms with Crippen LogP contribution < -0.4 is 0 Å². The topological polar surface area (TPSA) is 78.9 Å². The van der Waals surface area contributed by atoms with E-state index in [1.807, 2.05) is 0 Å². The van der Waals surface area contributed by atoms with E-state index in [9.17, 15) is 14.4 Å². The Balaban J connectivity index is 4.26. The number of hydrogen-bond donors (Lipinski definition) is 0. The van der Waals surface area contributed by atoms with E-state index in [1.165, 1.54) is 141 Å². The lowest BCUT2D eigenvalue weighted by molar-refractivity contribution is -0.167. The molecule has 0 saturated carbocycles. The second-order valence-electron chi connectivity index (χ2n) is 15.3. The quantitative estimate of drug-likeness (QED) is 0.0269. The smallest absolute Gasteiger partial charge is 0.306 e. The molecule has 0 saturated heterocycles. The molecule has 0 spiro atoms. The van der Waals surface area contributed by atoms with Gasteiger partial charge in [-0.25, -0.2) is 0 Å². The van der Waals surface area contributed by atoms with Crippen LogP contribution in [-0.2, 0) is 28.6 Å². The lowest BCUT2D eigenvalue weighted by atomic mass is 10.1. The van der Waals surface area contributed by atoms with Gasteiger partial charge >= 0.3 is 17.9 Å². The van der Waals surface area contributed by atoms with Crippen LogP contribution in [0, 0.1) is 0 Å². The minimum Gasteiger partial charge on any atom is -0.462 e. The van der Waals surface area contributed by atoms with Crippen LogP contribution in [0.5, 0.6) is 0 Å². The van der Waals surface area contributed by atoms with Gasteiger partial charge in [0.1, 0.15) is 13.2 Å². The summed E-state index contributed by atoms with van der Waals surface area (Å²) in [5, 5.41) is 0. The highest BCUT2D eigenvalue weighted by atomic mass is 16.6. The number of allylic oxidation sites excluding steroid dienone is 2. The zero-order valence-electron chi connectivity index (χ0n) is 34.8. The van der Waals surface area contributed by atoms with Crippen LogP contribution in [0.2, 0.25) is 0 Å². The molecule has 0 aliphatic carbocycles. The van der Waals surface area contributed by atoms with Crippen molar-refractivity contribution in [1.29, 1.82) is 0 Å². The molecule has 0 fully saturated rings. The summed E-state index contributed by atoms with van der Waals surface area (Å²) in [5.74, 6) is -0.878. The minimum atomic E-state index is -0.763. The summed E-state index contributed by atoms with van der Waals surface area (Å²) in [7, 11) is 0. The Morgan fingerprint density at radius 1 is 0.365 bits per heavy atom. The van der Waals surface area contributed by atoms with E-state index in [1.54, 1.807) is 0 Å². The molecule has 0 aliphatic heterocycles. The molecule has 0 amide bonds. The van der Waals surface area contributed by atoms with Gasteiger partial charge in [-0.05, 0) is 44.9 Å². The van der Waals surface area contributed by atoms with Crippen molar-refractivity contribution >= 4 is 17.9 Å². The standard InChI is InChI=1S/C46H86O6/c1-4-7-10-13-16-18-20-21-22-23-24-26-27-30-33-36-39-45(48)51-42-43(41-50-44(47)38-35-32-29-15-12-9-6-3)52-46(49)40-37-34-31-28-25-19-17-14-11-8-5-2/h22-23,43H,4-21,24-42H2,1-3H3/b23-22-.